The largest absolute Gasteiger partial charge is 0.469 e. The van der Waals surface area contributed by atoms with Gasteiger partial charge < -0.3 is 19.3 Å². The Morgan fingerprint density at radius 1 is 0.610 bits per heavy atom. The second kappa shape index (κ2) is 28.9. The molecule has 0 aromatic rings. The van der Waals surface area contributed by atoms with Gasteiger partial charge in [0.05, 0.1) is 6.61 Å². The van der Waals surface area contributed by atoms with Crippen LogP contribution in [0.25, 0.3) is 0 Å². The highest BCUT2D eigenvalue weighted by atomic mass is 31.2. The van der Waals surface area contributed by atoms with Crippen molar-refractivity contribution < 1.29 is 37.9 Å². The Morgan fingerprint density at radius 3 is 1.59 bits per heavy atom. The van der Waals surface area contributed by atoms with E-state index in [1.54, 1.807) is 0 Å². The van der Waals surface area contributed by atoms with Crippen molar-refractivity contribution in [2.45, 2.75) is 168 Å². The average molecular weight is 605 g/mol. The van der Waals surface area contributed by atoms with Crippen molar-refractivity contribution in [3.8, 4) is 0 Å². The Morgan fingerprint density at radius 2 is 1.07 bits per heavy atom. The summed E-state index contributed by atoms with van der Waals surface area (Å²) in [6.45, 7) is 3.59. The van der Waals surface area contributed by atoms with E-state index in [0.717, 1.165) is 32.1 Å². The zero-order valence-electron chi connectivity index (χ0n) is 26.2. The predicted octanol–water partition coefficient (Wildman–Crippen LogP) is 9.12. The van der Waals surface area contributed by atoms with Crippen LogP contribution in [0.5, 0.6) is 0 Å². The van der Waals surface area contributed by atoms with E-state index in [1.165, 1.54) is 89.9 Å². The summed E-state index contributed by atoms with van der Waals surface area (Å²) in [4.78, 5) is 42.3. The molecule has 242 valence electrons. The Balaban J connectivity index is 4.01. The number of carbonyl (C=O) groups is 2. The Labute approximate surface area is 250 Å². The van der Waals surface area contributed by atoms with Crippen molar-refractivity contribution in [2.75, 3.05) is 13.2 Å². The minimum absolute atomic E-state index is 0.188. The summed E-state index contributed by atoms with van der Waals surface area (Å²) in [5.41, 5.74) is 0. The van der Waals surface area contributed by atoms with Crippen LogP contribution in [-0.2, 0) is 28.2 Å². The van der Waals surface area contributed by atoms with Crippen LogP contribution in [0, 0.1) is 0 Å². The lowest BCUT2D eigenvalue weighted by Crippen LogP contribution is -2.29. The Hall–Kier alpha value is -1.21. The van der Waals surface area contributed by atoms with E-state index in [2.05, 4.69) is 24.4 Å². The van der Waals surface area contributed by atoms with Gasteiger partial charge in [-0.25, -0.2) is 4.57 Å². The van der Waals surface area contributed by atoms with Crippen molar-refractivity contribution in [1.29, 1.82) is 0 Å². The maximum Gasteiger partial charge on any atom is 0.469 e. The van der Waals surface area contributed by atoms with Crippen LogP contribution in [0.4, 0.5) is 0 Å². The topological polar surface area (TPSA) is 119 Å². The molecule has 0 aliphatic carbocycles. The van der Waals surface area contributed by atoms with Gasteiger partial charge in [-0.15, -0.1) is 0 Å². The molecule has 0 bridgehead atoms. The molecule has 0 heterocycles. The standard InChI is InChI=1S/C32H61O8P/c1-3-5-7-9-11-13-14-15-16-17-18-19-21-22-24-26-31(33)38-28-30(29-39-41(35,36)37)40-32(34)27-25-23-20-12-10-8-6-4-2/h21-22,30H,3-20,23-29H2,1-2H3,(H2,35,36,37)/b22-21+/t30-/m1/s1. The maximum absolute atomic E-state index is 12.2. The number of hydrogen-bond acceptors (Lipinski definition) is 6. The van der Waals surface area contributed by atoms with E-state index in [1.807, 2.05) is 6.08 Å². The summed E-state index contributed by atoms with van der Waals surface area (Å²) in [5, 5.41) is 0. The maximum atomic E-state index is 12.2. The first kappa shape index (κ1) is 39.8. The zero-order valence-corrected chi connectivity index (χ0v) is 27.1. The van der Waals surface area contributed by atoms with Gasteiger partial charge in [0.15, 0.2) is 6.10 Å². The molecule has 0 aliphatic heterocycles. The fourth-order valence-electron chi connectivity index (χ4n) is 4.57. The van der Waals surface area contributed by atoms with Crippen molar-refractivity contribution in [3.63, 3.8) is 0 Å². The number of esters is 2. The SMILES string of the molecule is CCCCCCCCCCCCC/C=C/CCC(=O)OC[C@H](COP(=O)(O)O)OC(=O)CCCCCCCCCC. The van der Waals surface area contributed by atoms with E-state index in [4.69, 9.17) is 19.3 Å². The number of allylic oxidation sites excluding steroid dienone is 2. The summed E-state index contributed by atoms with van der Waals surface area (Å²) in [7, 11) is -4.74. The van der Waals surface area contributed by atoms with E-state index >= 15 is 0 Å². The summed E-state index contributed by atoms with van der Waals surface area (Å²) in [6.07, 6.45) is 28.2. The van der Waals surface area contributed by atoms with Gasteiger partial charge in [-0.3, -0.25) is 14.1 Å². The molecule has 9 heteroatoms. The van der Waals surface area contributed by atoms with Crippen molar-refractivity contribution in [2.24, 2.45) is 0 Å². The van der Waals surface area contributed by atoms with Crippen LogP contribution in [0.1, 0.15) is 162 Å². The van der Waals surface area contributed by atoms with Crippen LogP contribution in [0.15, 0.2) is 12.2 Å². The average Bonchev–Trinajstić information content (AvgIpc) is 2.93. The number of phosphoric acid groups is 1. The normalized spacial score (nSPS) is 12.6. The molecule has 0 radical (unpaired) electrons. The Bertz CT molecular complexity index is 691. The van der Waals surface area contributed by atoms with Crippen molar-refractivity contribution in [1.82, 2.24) is 0 Å². The molecule has 0 spiro atoms. The number of unbranched alkanes of at least 4 members (excludes halogenated alkanes) is 18. The monoisotopic (exact) mass is 604 g/mol. The Kier molecular flexibility index (Phi) is 28.0. The van der Waals surface area contributed by atoms with E-state index in [0.29, 0.717) is 12.8 Å². The molecule has 0 aliphatic rings. The smallest absolute Gasteiger partial charge is 0.462 e. The molecule has 8 nitrogen and oxygen atoms in total. The molecule has 0 amide bonds. The number of ether oxygens (including phenoxy) is 2. The predicted molar refractivity (Wildman–Crippen MR) is 166 cm³/mol. The highest BCUT2D eigenvalue weighted by Gasteiger charge is 2.22. The van der Waals surface area contributed by atoms with Gasteiger partial charge >= 0.3 is 19.8 Å². The summed E-state index contributed by atoms with van der Waals surface area (Å²) >= 11 is 0. The lowest BCUT2D eigenvalue weighted by Gasteiger charge is -2.18. The minimum atomic E-state index is -4.74. The summed E-state index contributed by atoms with van der Waals surface area (Å²) < 4.78 is 26.1. The summed E-state index contributed by atoms with van der Waals surface area (Å²) in [6, 6.07) is 0. The molecular weight excluding hydrogens is 543 g/mol. The fourth-order valence-corrected chi connectivity index (χ4v) is 4.93. The molecule has 0 saturated heterocycles. The molecular formula is C32H61O8P. The second-order valence-corrected chi connectivity index (χ2v) is 12.4. The van der Waals surface area contributed by atoms with Gasteiger partial charge in [0.2, 0.25) is 0 Å². The molecule has 0 saturated carbocycles. The molecule has 0 aromatic carbocycles. The lowest BCUT2D eigenvalue weighted by molar-refractivity contribution is -0.161. The number of rotatable bonds is 30. The molecule has 2 N–H and O–H groups in total. The van der Waals surface area contributed by atoms with Gasteiger partial charge in [0.1, 0.15) is 6.61 Å². The second-order valence-electron chi connectivity index (χ2n) is 11.1. The van der Waals surface area contributed by atoms with E-state index in [9.17, 15) is 14.2 Å². The molecule has 1 atom stereocenters. The van der Waals surface area contributed by atoms with Crippen molar-refractivity contribution in [3.05, 3.63) is 12.2 Å². The third-order valence-electron chi connectivity index (χ3n) is 7.05. The first-order valence-corrected chi connectivity index (χ1v) is 18.0. The molecule has 41 heavy (non-hydrogen) atoms. The first-order valence-electron chi connectivity index (χ1n) is 16.5. The minimum Gasteiger partial charge on any atom is -0.462 e. The van der Waals surface area contributed by atoms with Gasteiger partial charge in [0, 0.05) is 12.8 Å². The highest BCUT2D eigenvalue weighted by molar-refractivity contribution is 7.46. The number of carbonyl (C=O) groups excluding carboxylic acids is 2. The highest BCUT2D eigenvalue weighted by Crippen LogP contribution is 2.35. The van der Waals surface area contributed by atoms with E-state index < -0.39 is 32.5 Å². The third kappa shape index (κ3) is 31.6. The van der Waals surface area contributed by atoms with E-state index in [-0.39, 0.29) is 19.4 Å². The third-order valence-corrected chi connectivity index (χ3v) is 7.53. The zero-order chi connectivity index (χ0) is 30.4. The molecule has 0 aromatic heterocycles. The van der Waals surface area contributed by atoms with Gasteiger partial charge in [0.25, 0.3) is 0 Å². The summed E-state index contributed by atoms with van der Waals surface area (Å²) in [5.74, 6) is -0.943. The van der Waals surface area contributed by atoms with Crippen LogP contribution < -0.4 is 0 Å². The van der Waals surface area contributed by atoms with Gasteiger partial charge in [-0.05, 0) is 25.7 Å². The van der Waals surface area contributed by atoms with Gasteiger partial charge in [-0.1, -0.05) is 135 Å². The number of hydrogen-bond donors (Lipinski definition) is 2. The number of phosphoric ester groups is 1. The molecule has 0 rings (SSSR count). The fraction of sp³-hybridized carbons (Fsp3) is 0.875. The molecule has 0 unspecified atom stereocenters. The van der Waals surface area contributed by atoms with Crippen molar-refractivity contribution >= 4 is 19.8 Å². The van der Waals surface area contributed by atoms with Crippen LogP contribution in [0.3, 0.4) is 0 Å². The molecule has 0 fully saturated rings. The van der Waals surface area contributed by atoms with Crippen LogP contribution >= 0.6 is 7.82 Å². The van der Waals surface area contributed by atoms with Crippen LogP contribution in [0.2, 0.25) is 0 Å². The van der Waals surface area contributed by atoms with Crippen LogP contribution in [-0.4, -0.2) is 41.0 Å². The quantitative estimate of drug-likeness (QED) is 0.0360. The first-order chi connectivity index (χ1) is 19.8. The lowest BCUT2D eigenvalue weighted by atomic mass is 10.1. The van der Waals surface area contributed by atoms with Gasteiger partial charge in [-0.2, -0.15) is 0 Å².